The highest BCUT2D eigenvalue weighted by Gasteiger charge is 2.20. The quantitative estimate of drug-likeness (QED) is 0.889. The van der Waals surface area contributed by atoms with Gasteiger partial charge >= 0.3 is 6.03 Å². The van der Waals surface area contributed by atoms with Gasteiger partial charge in [-0.25, -0.2) is 4.79 Å². The zero-order valence-corrected chi connectivity index (χ0v) is 11.9. The minimum atomic E-state index is -0.200. The predicted molar refractivity (Wildman–Crippen MR) is 82.8 cm³/mol. The SMILES string of the molecule is Cc1cccc(NC(=O)NC2COc3ccccc3C2)c1. The Kier molecular flexibility index (Phi) is 3.77. The van der Waals surface area contributed by atoms with Gasteiger partial charge in [0.05, 0.1) is 6.04 Å². The molecule has 2 N–H and O–H groups in total. The number of amides is 2. The number of rotatable bonds is 2. The number of carbonyl (C=O) groups is 1. The van der Waals surface area contributed by atoms with Crippen LogP contribution in [0, 0.1) is 6.92 Å². The normalized spacial score (nSPS) is 16.5. The summed E-state index contributed by atoms with van der Waals surface area (Å²) in [5, 5.41) is 5.80. The van der Waals surface area contributed by atoms with Crippen LogP contribution < -0.4 is 15.4 Å². The van der Waals surface area contributed by atoms with Crippen molar-refractivity contribution in [2.75, 3.05) is 11.9 Å². The van der Waals surface area contributed by atoms with E-state index >= 15 is 0 Å². The van der Waals surface area contributed by atoms with Crippen molar-refractivity contribution in [1.29, 1.82) is 0 Å². The smallest absolute Gasteiger partial charge is 0.319 e. The Labute approximate surface area is 124 Å². The van der Waals surface area contributed by atoms with Crippen molar-refractivity contribution >= 4 is 11.7 Å². The molecule has 21 heavy (non-hydrogen) atoms. The summed E-state index contributed by atoms with van der Waals surface area (Å²) in [6.07, 6.45) is 0.789. The highest BCUT2D eigenvalue weighted by Crippen LogP contribution is 2.23. The maximum Gasteiger partial charge on any atom is 0.319 e. The van der Waals surface area contributed by atoms with Crippen molar-refractivity contribution in [3.63, 3.8) is 0 Å². The Morgan fingerprint density at radius 3 is 2.90 bits per heavy atom. The fourth-order valence-corrected chi connectivity index (χ4v) is 2.50. The summed E-state index contributed by atoms with van der Waals surface area (Å²) in [5.74, 6) is 0.912. The van der Waals surface area contributed by atoms with E-state index in [-0.39, 0.29) is 12.1 Å². The molecule has 4 heteroatoms. The molecule has 0 saturated heterocycles. The molecule has 0 radical (unpaired) electrons. The van der Waals surface area contributed by atoms with Crippen LogP contribution in [0.25, 0.3) is 0 Å². The Morgan fingerprint density at radius 1 is 1.19 bits per heavy atom. The maximum atomic E-state index is 12.0. The summed E-state index contributed by atoms with van der Waals surface area (Å²) < 4.78 is 5.66. The van der Waals surface area contributed by atoms with E-state index in [1.165, 1.54) is 0 Å². The summed E-state index contributed by atoms with van der Waals surface area (Å²) in [6.45, 7) is 2.49. The molecule has 0 saturated carbocycles. The zero-order chi connectivity index (χ0) is 14.7. The molecule has 1 atom stereocenters. The molecule has 108 valence electrons. The maximum absolute atomic E-state index is 12.0. The third-order valence-electron chi connectivity index (χ3n) is 3.49. The molecule has 0 spiro atoms. The van der Waals surface area contributed by atoms with Crippen molar-refractivity contribution in [3.8, 4) is 5.75 Å². The van der Waals surface area contributed by atoms with Gasteiger partial charge in [-0.3, -0.25) is 0 Å². The first-order chi connectivity index (χ1) is 10.2. The summed E-state index contributed by atoms with van der Waals surface area (Å²) in [4.78, 5) is 12.0. The van der Waals surface area contributed by atoms with Crippen LogP contribution in [0.15, 0.2) is 48.5 Å². The molecule has 1 heterocycles. The predicted octanol–water partition coefficient (Wildman–Crippen LogP) is 3.12. The number of ether oxygens (including phenoxy) is 1. The Morgan fingerprint density at radius 2 is 2.05 bits per heavy atom. The van der Waals surface area contributed by atoms with E-state index in [1.54, 1.807) is 0 Å². The Bertz CT molecular complexity index is 655. The molecule has 0 aromatic heterocycles. The van der Waals surface area contributed by atoms with Crippen LogP contribution in [0.4, 0.5) is 10.5 Å². The second kappa shape index (κ2) is 5.87. The second-order valence-electron chi connectivity index (χ2n) is 5.29. The van der Waals surface area contributed by atoms with Crippen LogP contribution in [-0.2, 0) is 6.42 Å². The van der Waals surface area contributed by atoms with Crippen molar-refractivity contribution in [2.24, 2.45) is 0 Å². The molecule has 3 rings (SSSR count). The second-order valence-corrected chi connectivity index (χ2v) is 5.29. The van der Waals surface area contributed by atoms with Crippen LogP contribution in [-0.4, -0.2) is 18.7 Å². The lowest BCUT2D eigenvalue weighted by atomic mass is 10.0. The van der Waals surface area contributed by atoms with Crippen LogP contribution in [0.2, 0.25) is 0 Å². The lowest BCUT2D eigenvalue weighted by Crippen LogP contribution is -2.44. The third-order valence-corrected chi connectivity index (χ3v) is 3.49. The molecule has 0 bridgehead atoms. The number of hydrogen-bond donors (Lipinski definition) is 2. The topological polar surface area (TPSA) is 50.4 Å². The summed E-state index contributed by atoms with van der Waals surface area (Å²) in [5.41, 5.74) is 3.04. The van der Waals surface area contributed by atoms with E-state index in [0.29, 0.717) is 6.61 Å². The van der Waals surface area contributed by atoms with Crippen molar-refractivity contribution in [2.45, 2.75) is 19.4 Å². The average Bonchev–Trinajstić information content (AvgIpc) is 2.47. The first kappa shape index (κ1) is 13.5. The van der Waals surface area contributed by atoms with Crippen molar-refractivity contribution < 1.29 is 9.53 Å². The van der Waals surface area contributed by atoms with Crippen molar-refractivity contribution in [3.05, 3.63) is 59.7 Å². The van der Waals surface area contributed by atoms with Crippen molar-refractivity contribution in [1.82, 2.24) is 5.32 Å². The van der Waals surface area contributed by atoms with E-state index < -0.39 is 0 Å². The average molecular weight is 282 g/mol. The lowest BCUT2D eigenvalue weighted by Gasteiger charge is -2.26. The van der Waals surface area contributed by atoms with Gasteiger partial charge in [-0.2, -0.15) is 0 Å². The van der Waals surface area contributed by atoms with Gasteiger partial charge in [-0.1, -0.05) is 30.3 Å². The third kappa shape index (κ3) is 3.34. The Balaban J connectivity index is 1.59. The first-order valence-corrected chi connectivity index (χ1v) is 7.05. The highest BCUT2D eigenvalue weighted by atomic mass is 16.5. The number of fused-ring (bicyclic) bond motifs is 1. The number of aryl methyl sites for hydroxylation is 1. The van der Waals surface area contributed by atoms with Crippen LogP contribution in [0.5, 0.6) is 5.75 Å². The Hall–Kier alpha value is -2.49. The van der Waals surface area contributed by atoms with E-state index in [4.69, 9.17) is 4.74 Å². The molecule has 0 fully saturated rings. The minimum Gasteiger partial charge on any atom is -0.491 e. The number of nitrogens with one attached hydrogen (secondary N) is 2. The molecule has 1 aliphatic heterocycles. The number of carbonyl (C=O) groups excluding carboxylic acids is 1. The van der Waals surface area contributed by atoms with Gasteiger partial charge in [0.2, 0.25) is 0 Å². The van der Waals surface area contributed by atoms with E-state index in [1.807, 2.05) is 55.5 Å². The monoisotopic (exact) mass is 282 g/mol. The van der Waals surface area contributed by atoms with Gasteiger partial charge < -0.3 is 15.4 Å². The van der Waals surface area contributed by atoms with Gasteiger partial charge in [-0.05, 0) is 42.7 Å². The van der Waals surface area contributed by atoms with Crippen LogP contribution >= 0.6 is 0 Å². The van der Waals surface area contributed by atoms with Gasteiger partial charge in [0.15, 0.2) is 0 Å². The minimum absolute atomic E-state index is 0.00953. The number of benzene rings is 2. The fourth-order valence-electron chi connectivity index (χ4n) is 2.50. The van der Waals surface area contributed by atoms with Gasteiger partial charge in [0.1, 0.15) is 12.4 Å². The molecule has 4 nitrogen and oxygen atoms in total. The number of urea groups is 1. The summed E-state index contributed by atoms with van der Waals surface area (Å²) in [6, 6.07) is 15.4. The molecule has 0 aliphatic carbocycles. The first-order valence-electron chi connectivity index (χ1n) is 7.05. The van der Waals surface area contributed by atoms with Gasteiger partial charge in [-0.15, -0.1) is 0 Å². The van der Waals surface area contributed by atoms with Gasteiger partial charge in [0, 0.05) is 5.69 Å². The number of hydrogen-bond acceptors (Lipinski definition) is 2. The molecule has 2 aromatic carbocycles. The lowest BCUT2D eigenvalue weighted by molar-refractivity contribution is 0.222. The molecule has 2 aromatic rings. The molecule has 2 amide bonds. The number of anilines is 1. The van der Waals surface area contributed by atoms with Crippen LogP contribution in [0.1, 0.15) is 11.1 Å². The van der Waals surface area contributed by atoms with E-state index in [9.17, 15) is 4.79 Å². The van der Waals surface area contributed by atoms with Gasteiger partial charge in [0.25, 0.3) is 0 Å². The van der Waals surface area contributed by atoms with E-state index in [2.05, 4.69) is 10.6 Å². The van der Waals surface area contributed by atoms with E-state index in [0.717, 1.165) is 29.0 Å². The molecule has 1 aliphatic rings. The number of para-hydroxylation sites is 1. The molecular formula is C17H18N2O2. The molecular weight excluding hydrogens is 264 g/mol. The molecule has 1 unspecified atom stereocenters. The summed E-state index contributed by atoms with van der Waals surface area (Å²) in [7, 11) is 0. The van der Waals surface area contributed by atoms with Crippen LogP contribution in [0.3, 0.4) is 0 Å². The summed E-state index contributed by atoms with van der Waals surface area (Å²) >= 11 is 0. The standard InChI is InChI=1S/C17H18N2O2/c1-12-5-4-7-14(9-12)18-17(20)19-15-10-13-6-2-3-8-16(13)21-11-15/h2-9,15H,10-11H2,1H3,(H2,18,19,20). The largest absolute Gasteiger partial charge is 0.491 e. The zero-order valence-electron chi connectivity index (χ0n) is 11.9. The highest BCUT2D eigenvalue weighted by molar-refractivity contribution is 5.89. The fraction of sp³-hybridized carbons (Fsp3) is 0.235.